The zero-order chi connectivity index (χ0) is 88.7. The van der Waals surface area contributed by atoms with Crippen LogP contribution in [0.4, 0.5) is 26.7 Å². The van der Waals surface area contributed by atoms with Crippen molar-refractivity contribution in [3.8, 4) is 28.7 Å². The van der Waals surface area contributed by atoms with Gasteiger partial charge in [0.2, 0.25) is 72.0 Å². The van der Waals surface area contributed by atoms with Crippen molar-refractivity contribution < 1.29 is 199 Å². The minimum Gasteiger partial charge on any atom is -0.508 e. The highest BCUT2D eigenvalue weighted by atomic mass is 19.2. The topological polar surface area (TPSA) is 481 Å². The van der Waals surface area contributed by atoms with E-state index in [-0.39, 0.29) is 42.6 Å². The van der Waals surface area contributed by atoms with Crippen molar-refractivity contribution in [2.45, 2.75) is 188 Å². The fourth-order valence-corrected chi connectivity index (χ4v) is 10.7. The van der Waals surface area contributed by atoms with Gasteiger partial charge in [0, 0.05) is 94.2 Å². The van der Waals surface area contributed by atoms with Gasteiger partial charge in [0.25, 0.3) is 0 Å². The average molecular weight is 1690 g/mol. The summed E-state index contributed by atoms with van der Waals surface area (Å²) in [6.07, 6.45) is -20.3. The zero-order valence-electron chi connectivity index (χ0n) is 65.2. The molecule has 0 spiro atoms. The van der Waals surface area contributed by atoms with Gasteiger partial charge in [-0.15, -0.1) is 0 Å². The van der Waals surface area contributed by atoms with Crippen LogP contribution in [-0.4, -0.2) is 213 Å². The van der Waals surface area contributed by atoms with E-state index >= 15 is 0 Å². The maximum atomic E-state index is 13.8. The van der Waals surface area contributed by atoms with Crippen LogP contribution in [-0.2, 0) is 147 Å². The minimum absolute atomic E-state index is 0.0219. The van der Waals surface area contributed by atoms with E-state index in [1.807, 2.05) is 0 Å². The van der Waals surface area contributed by atoms with E-state index in [2.05, 4.69) is 9.47 Å². The summed E-state index contributed by atoms with van der Waals surface area (Å²) in [6, 6.07) is 23.6. The summed E-state index contributed by atoms with van der Waals surface area (Å²) in [6.45, 7) is 11.4. The molecule has 0 aliphatic carbocycles. The van der Waals surface area contributed by atoms with Gasteiger partial charge >= 0.3 is 77.8 Å². The molecule has 37 nitrogen and oxygen atoms in total. The van der Waals surface area contributed by atoms with Crippen molar-refractivity contribution in [2.24, 2.45) is 0 Å². The number of hydrogen-bond acceptors (Lipinski definition) is 37. The van der Waals surface area contributed by atoms with Gasteiger partial charge in [0.1, 0.15) is 80.3 Å². The Labute approximate surface area is 672 Å². The predicted molar refractivity (Wildman–Crippen MR) is 379 cm³/mol. The van der Waals surface area contributed by atoms with Crippen LogP contribution in [0.3, 0.4) is 0 Å². The summed E-state index contributed by atoms with van der Waals surface area (Å²) >= 11 is 0. The van der Waals surface area contributed by atoms with Gasteiger partial charge in [-0.25, -0.2) is 18.0 Å². The number of aliphatic hydroxyl groups is 1. The molecule has 5 aromatic rings. The monoisotopic (exact) mass is 1690 g/mol. The number of aliphatic hydroxyl groups excluding tert-OH is 1. The number of hydrogen-bond donors (Lipinski definition) is 2. The number of carbonyl (C=O) groups is 15. The number of rotatable bonds is 27. The molecule has 119 heavy (non-hydrogen) atoms. The molecule has 42 heteroatoms. The summed E-state index contributed by atoms with van der Waals surface area (Å²) in [5.74, 6) is -21.8. The molecular formula is C77H81F5O37. The van der Waals surface area contributed by atoms with Gasteiger partial charge in [-0.1, -0.05) is 24.3 Å². The van der Waals surface area contributed by atoms with E-state index in [0.717, 1.165) is 75.5 Å². The van der Waals surface area contributed by atoms with Crippen LogP contribution in [0, 0.1) is 29.1 Å². The van der Waals surface area contributed by atoms with E-state index in [9.17, 15) is 99.0 Å². The van der Waals surface area contributed by atoms with E-state index < -0.39 is 218 Å². The lowest BCUT2D eigenvalue weighted by Crippen LogP contribution is -2.63. The molecule has 3 aliphatic rings. The Morgan fingerprint density at radius 2 is 0.580 bits per heavy atom. The first-order chi connectivity index (χ1) is 56.1. The van der Waals surface area contributed by atoms with E-state index in [1.54, 1.807) is 36.4 Å². The zero-order valence-corrected chi connectivity index (χ0v) is 65.2. The number of ether oxygens (including phenoxy) is 20. The maximum Gasteiger partial charge on any atom is 0.514 e. The number of aromatic hydroxyl groups is 1. The number of benzene rings is 5. The van der Waals surface area contributed by atoms with Crippen molar-refractivity contribution in [2.75, 3.05) is 19.8 Å². The van der Waals surface area contributed by atoms with Gasteiger partial charge in [0.15, 0.2) is 36.6 Å². The van der Waals surface area contributed by atoms with Crippen LogP contribution in [0.2, 0.25) is 0 Å². The summed E-state index contributed by atoms with van der Waals surface area (Å²) in [5.41, 5.74) is 1.83. The molecule has 646 valence electrons. The molecule has 0 amide bonds. The van der Waals surface area contributed by atoms with Gasteiger partial charge in [-0.3, -0.25) is 67.1 Å². The normalized spacial score (nSPS) is 21.9. The highest BCUT2D eigenvalue weighted by Gasteiger charge is 2.56. The van der Waals surface area contributed by atoms with Crippen molar-refractivity contribution in [3.05, 3.63) is 148 Å². The number of phenols is 1. The number of phenolic OH excluding ortho intramolecular Hbond substituents is 1. The highest BCUT2D eigenvalue weighted by molar-refractivity contribution is 5.76. The quantitative estimate of drug-likeness (QED) is 0.0110. The SMILES string of the molecule is CC(=O)OC[C@H]1OC(Oc2ccc(C=O)cc2)[C@H](OC(C)=O)[C@@H](OC(C)=O)[C@H]1OC(C)=O.CC(=O)OC[C@H]1OC(Oc2ccc(CO)cc2)[C@H](OC(C)=O)[C@@H](OC(C)=O)[C@H]1OC(C)=O.CC(=O)OC[C@H]1OC(Oc2ccc(COC(=O)Oc3c(F)c(F)c(F)c(F)c3F)cc2)[C@H](OC(C)=O)[C@@H](OC(C)=O)[C@H]1OC(C)=O.O=Cc1ccc(O)cc1. The maximum absolute atomic E-state index is 13.8. The van der Waals surface area contributed by atoms with E-state index in [0.29, 0.717) is 28.7 Å². The number of aldehydes is 2. The Balaban J connectivity index is 0.000000307. The number of esters is 12. The third-order valence-corrected chi connectivity index (χ3v) is 15.4. The number of carbonyl (C=O) groups excluding carboxylic acids is 15. The fraction of sp³-hybridized carbons (Fsp3) is 0.416. The number of halogens is 5. The van der Waals surface area contributed by atoms with Crippen LogP contribution in [0.25, 0.3) is 0 Å². The van der Waals surface area contributed by atoms with Gasteiger partial charge in [0.05, 0.1) is 6.61 Å². The summed E-state index contributed by atoms with van der Waals surface area (Å²) in [5, 5.41) is 17.9. The van der Waals surface area contributed by atoms with Crippen molar-refractivity contribution in [3.63, 3.8) is 0 Å². The third kappa shape index (κ3) is 31.2. The fourth-order valence-electron chi connectivity index (χ4n) is 10.7. The molecular weight excluding hydrogens is 1610 g/mol. The van der Waals surface area contributed by atoms with Gasteiger partial charge in [-0.05, 0) is 83.9 Å². The molecule has 3 aliphatic heterocycles. The Hall–Kier alpha value is -13.0. The molecule has 5 aromatic carbocycles. The lowest BCUT2D eigenvalue weighted by molar-refractivity contribution is -0.288. The predicted octanol–water partition coefficient (Wildman–Crippen LogP) is 6.37. The van der Waals surface area contributed by atoms with Crippen LogP contribution in [0.5, 0.6) is 28.7 Å². The van der Waals surface area contributed by atoms with Crippen LogP contribution < -0.4 is 18.9 Å². The summed E-state index contributed by atoms with van der Waals surface area (Å²) in [4.78, 5) is 173. The standard InChI is InChI=1S/C28H25F5O13.C21H26O11.C21H24O11.C7H6O2/c1-11(34)39-10-17-23(41-12(2)35)25(42-13(3)36)26(43-14(4)37)27(45-17)44-16-7-5-15(6-8-16)9-40-28(38)46-24-21(32)19(30)18(29)20(31)22(24)33;2*1-11(23)27-10-17-18(28-12(2)24)19(29-13(3)25)20(30-14(4)26)21(32-17)31-16-7-5-15(9-22)6-8-16;8-5-6-1-3-7(9)4-2-6/h5-8,17,23,25-27H,9-10H2,1-4H3;5-8,17-22H,9-10H2,1-4H3;5-9,17-21H,10H2,1-4H3;1-5,9H/t17-,23+,25+,26-,27?;2*17-,18+,19+,20-,21?;/m111./s1. The first kappa shape index (κ1) is 96.6. The summed E-state index contributed by atoms with van der Waals surface area (Å²) in [7, 11) is 0. The Bertz CT molecular complexity index is 4340. The third-order valence-electron chi connectivity index (χ3n) is 15.4. The second kappa shape index (κ2) is 46.7. The Morgan fingerprint density at radius 1 is 0.328 bits per heavy atom. The van der Waals surface area contributed by atoms with Crippen LogP contribution in [0.15, 0.2) is 97.1 Å². The lowest BCUT2D eigenvalue weighted by Gasteiger charge is -2.43. The molecule has 2 N–H and O–H groups in total. The van der Waals surface area contributed by atoms with Crippen molar-refractivity contribution >= 4 is 90.4 Å². The van der Waals surface area contributed by atoms with Crippen LogP contribution >= 0.6 is 0 Å². The molecule has 0 radical (unpaired) electrons. The molecule has 8 rings (SSSR count). The molecule has 3 heterocycles. The highest BCUT2D eigenvalue weighted by Crippen LogP contribution is 2.36. The second-order valence-corrected chi connectivity index (χ2v) is 24.9. The van der Waals surface area contributed by atoms with E-state index in [4.69, 9.17) is 90.4 Å². The smallest absolute Gasteiger partial charge is 0.508 e. The van der Waals surface area contributed by atoms with E-state index in [1.165, 1.54) is 74.5 Å². The first-order valence-corrected chi connectivity index (χ1v) is 35.0. The lowest BCUT2D eigenvalue weighted by atomic mass is 9.98. The van der Waals surface area contributed by atoms with Gasteiger partial charge < -0.3 is 105 Å². The molecule has 15 atom stereocenters. The van der Waals surface area contributed by atoms with Gasteiger partial charge in [-0.2, -0.15) is 8.78 Å². The molecule has 3 fully saturated rings. The van der Waals surface area contributed by atoms with Crippen LogP contribution in [0.1, 0.15) is 115 Å². The Kier molecular flexibility index (Phi) is 37.9. The molecule has 0 saturated carbocycles. The first-order valence-electron chi connectivity index (χ1n) is 35.0. The van der Waals surface area contributed by atoms with Crippen molar-refractivity contribution in [1.29, 1.82) is 0 Å². The summed E-state index contributed by atoms with van der Waals surface area (Å²) < 4.78 is 174. The second-order valence-electron chi connectivity index (χ2n) is 24.9. The van der Waals surface area contributed by atoms with Crippen molar-refractivity contribution in [1.82, 2.24) is 0 Å². The average Bonchev–Trinajstić information content (AvgIpc) is 0.794. The molecule has 3 unspecified atom stereocenters. The Morgan fingerprint density at radius 3 is 0.849 bits per heavy atom. The largest absolute Gasteiger partial charge is 0.514 e. The molecule has 0 bridgehead atoms. The molecule has 3 saturated heterocycles. The minimum atomic E-state index is -2.44. The molecule has 0 aromatic heterocycles.